The minimum atomic E-state index is -3.08. The molecule has 1 heterocycles. The zero-order valence-electron chi connectivity index (χ0n) is 11.8. The number of rotatable bonds is 3. The second-order valence-corrected chi connectivity index (χ2v) is 7.45. The van der Waals surface area contributed by atoms with Crippen LogP contribution in [-0.2, 0) is 26.0 Å². The number of amides is 2. The Labute approximate surface area is 124 Å². The molecule has 114 valence electrons. The van der Waals surface area contributed by atoms with Crippen molar-refractivity contribution >= 4 is 21.7 Å². The monoisotopic (exact) mass is 310 g/mol. The lowest BCUT2D eigenvalue weighted by Crippen LogP contribution is -2.45. The molecule has 1 N–H and O–H groups in total. The first-order valence-corrected chi connectivity index (χ1v) is 8.50. The summed E-state index contributed by atoms with van der Waals surface area (Å²) in [5, 5.41) is 2.49. The van der Waals surface area contributed by atoms with E-state index in [1.807, 2.05) is 30.3 Å². The molecule has 1 saturated heterocycles. The van der Waals surface area contributed by atoms with Crippen LogP contribution in [0.3, 0.4) is 0 Å². The lowest BCUT2D eigenvalue weighted by Gasteiger charge is -2.18. The summed E-state index contributed by atoms with van der Waals surface area (Å²) >= 11 is 0. The van der Waals surface area contributed by atoms with Gasteiger partial charge in [-0.2, -0.15) is 0 Å². The molecule has 0 spiro atoms. The Hall–Kier alpha value is -1.89. The predicted octanol–water partition coefficient (Wildman–Crippen LogP) is -0.0517. The minimum absolute atomic E-state index is 0.0615. The number of carbonyl (C=O) groups excluding carboxylic acids is 2. The Morgan fingerprint density at radius 3 is 2.52 bits per heavy atom. The molecule has 7 heteroatoms. The third kappa shape index (κ3) is 4.29. The lowest BCUT2D eigenvalue weighted by atomic mass is 10.2. The first kappa shape index (κ1) is 15.5. The Bertz CT molecular complexity index is 628. The highest BCUT2D eigenvalue weighted by molar-refractivity contribution is 7.91. The predicted molar refractivity (Wildman–Crippen MR) is 78.1 cm³/mol. The maximum Gasteiger partial charge on any atom is 0.311 e. The molecule has 1 atom stereocenters. The second kappa shape index (κ2) is 6.26. The quantitative estimate of drug-likeness (QED) is 0.793. The number of benzene rings is 1. The van der Waals surface area contributed by atoms with Gasteiger partial charge in [0.05, 0.1) is 11.5 Å². The molecule has 21 heavy (non-hydrogen) atoms. The maximum absolute atomic E-state index is 12.0. The van der Waals surface area contributed by atoms with Crippen LogP contribution in [0.5, 0.6) is 0 Å². The number of nitrogens with zero attached hydrogens (tertiary/aromatic N) is 1. The fourth-order valence-electron chi connectivity index (χ4n) is 2.26. The number of nitrogens with one attached hydrogen (secondary N) is 1. The van der Waals surface area contributed by atoms with E-state index in [-0.39, 0.29) is 11.5 Å². The van der Waals surface area contributed by atoms with Crippen LogP contribution >= 0.6 is 0 Å². The van der Waals surface area contributed by atoms with Crippen LogP contribution in [0, 0.1) is 0 Å². The van der Waals surface area contributed by atoms with Crippen LogP contribution in [0.4, 0.5) is 0 Å². The summed E-state index contributed by atoms with van der Waals surface area (Å²) in [5.41, 5.74) is 0.921. The van der Waals surface area contributed by atoms with Crippen LogP contribution in [0.2, 0.25) is 0 Å². The fourth-order valence-corrected chi connectivity index (χ4v) is 3.93. The number of sulfone groups is 1. The average molecular weight is 310 g/mol. The fraction of sp³-hybridized carbons (Fsp3) is 0.429. The van der Waals surface area contributed by atoms with Crippen molar-refractivity contribution < 1.29 is 18.0 Å². The average Bonchev–Trinajstić information content (AvgIpc) is 2.78. The van der Waals surface area contributed by atoms with Crippen molar-refractivity contribution in [1.82, 2.24) is 10.2 Å². The lowest BCUT2D eigenvalue weighted by molar-refractivity contribution is -0.145. The van der Waals surface area contributed by atoms with Crippen molar-refractivity contribution in [3.05, 3.63) is 35.9 Å². The smallest absolute Gasteiger partial charge is 0.311 e. The topological polar surface area (TPSA) is 83.6 Å². The summed E-state index contributed by atoms with van der Waals surface area (Å²) in [5.74, 6) is -1.45. The van der Waals surface area contributed by atoms with Crippen molar-refractivity contribution in [3.8, 4) is 0 Å². The highest BCUT2D eigenvalue weighted by Crippen LogP contribution is 2.11. The van der Waals surface area contributed by atoms with Crippen molar-refractivity contribution in [2.75, 3.05) is 18.6 Å². The second-order valence-electron chi connectivity index (χ2n) is 5.22. The standard InChI is InChI=1S/C14H18N2O4S/c1-16(9-11-5-3-2-4-6-11)14(18)13(17)15-12-7-8-21(19,20)10-12/h2-6,12H,7-10H2,1H3,(H,15,17). The molecule has 0 radical (unpaired) electrons. The van der Waals surface area contributed by atoms with Gasteiger partial charge in [0.2, 0.25) is 0 Å². The zero-order chi connectivity index (χ0) is 15.5. The van der Waals surface area contributed by atoms with E-state index in [1.54, 1.807) is 7.05 Å². The molecule has 6 nitrogen and oxygen atoms in total. The Morgan fingerprint density at radius 2 is 1.95 bits per heavy atom. The molecular formula is C14H18N2O4S. The molecule has 0 bridgehead atoms. The number of likely N-dealkylation sites (N-methyl/N-ethyl adjacent to an activating group) is 1. The van der Waals surface area contributed by atoms with Crippen molar-refractivity contribution in [2.45, 2.75) is 19.0 Å². The molecule has 2 rings (SSSR count). The maximum atomic E-state index is 12.0. The third-order valence-corrected chi connectivity index (χ3v) is 5.14. The summed E-state index contributed by atoms with van der Waals surface area (Å²) in [7, 11) is -1.53. The highest BCUT2D eigenvalue weighted by atomic mass is 32.2. The van der Waals surface area contributed by atoms with Gasteiger partial charge in [-0.15, -0.1) is 0 Å². The van der Waals surface area contributed by atoms with E-state index in [2.05, 4.69) is 5.32 Å². The van der Waals surface area contributed by atoms with E-state index < -0.39 is 27.7 Å². The summed E-state index contributed by atoms with van der Waals surface area (Å²) in [6.07, 6.45) is 0.365. The molecule has 2 amide bonds. The van der Waals surface area contributed by atoms with Gasteiger partial charge in [-0.05, 0) is 12.0 Å². The number of hydrogen-bond acceptors (Lipinski definition) is 4. The van der Waals surface area contributed by atoms with Crippen LogP contribution in [0.1, 0.15) is 12.0 Å². The summed E-state index contributed by atoms with van der Waals surface area (Å²) in [4.78, 5) is 25.1. The molecule has 1 aliphatic rings. The van der Waals surface area contributed by atoms with E-state index >= 15 is 0 Å². The van der Waals surface area contributed by atoms with Gasteiger partial charge in [-0.25, -0.2) is 8.42 Å². The number of hydrogen-bond donors (Lipinski definition) is 1. The third-order valence-electron chi connectivity index (χ3n) is 3.37. The van der Waals surface area contributed by atoms with Gasteiger partial charge in [0, 0.05) is 19.6 Å². The first-order valence-electron chi connectivity index (χ1n) is 6.68. The molecule has 1 unspecified atom stereocenters. The van der Waals surface area contributed by atoms with Crippen molar-refractivity contribution in [2.24, 2.45) is 0 Å². The molecule has 1 aromatic rings. The van der Waals surface area contributed by atoms with Gasteiger partial charge in [0.1, 0.15) is 0 Å². The molecule has 0 saturated carbocycles. The summed E-state index contributed by atoms with van der Waals surface area (Å²) < 4.78 is 22.6. The van der Waals surface area contributed by atoms with E-state index in [1.165, 1.54) is 4.90 Å². The summed E-state index contributed by atoms with van der Waals surface area (Å²) in [6, 6.07) is 8.86. The van der Waals surface area contributed by atoms with Gasteiger partial charge in [-0.3, -0.25) is 9.59 Å². The minimum Gasteiger partial charge on any atom is -0.344 e. The molecule has 1 fully saturated rings. The highest BCUT2D eigenvalue weighted by Gasteiger charge is 2.31. The van der Waals surface area contributed by atoms with Crippen molar-refractivity contribution in [3.63, 3.8) is 0 Å². The molecule has 0 aliphatic carbocycles. The normalized spacial score (nSPS) is 20.0. The Balaban J connectivity index is 1.89. The van der Waals surface area contributed by atoms with E-state index in [4.69, 9.17) is 0 Å². The van der Waals surface area contributed by atoms with Gasteiger partial charge < -0.3 is 10.2 Å². The van der Waals surface area contributed by atoms with Crippen LogP contribution < -0.4 is 5.32 Å². The summed E-state index contributed by atoms with van der Waals surface area (Å²) in [6.45, 7) is 0.329. The zero-order valence-corrected chi connectivity index (χ0v) is 12.6. The van der Waals surface area contributed by atoms with Gasteiger partial charge in [-0.1, -0.05) is 30.3 Å². The van der Waals surface area contributed by atoms with Crippen molar-refractivity contribution in [1.29, 1.82) is 0 Å². The Kier molecular flexibility index (Phi) is 4.62. The van der Waals surface area contributed by atoms with Crippen LogP contribution in [0.15, 0.2) is 30.3 Å². The molecular weight excluding hydrogens is 292 g/mol. The molecule has 0 aromatic heterocycles. The van der Waals surface area contributed by atoms with E-state index in [0.29, 0.717) is 13.0 Å². The van der Waals surface area contributed by atoms with Gasteiger partial charge in [0.15, 0.2) is 9.84 Å². The van der Waals surface area contributed by atoms with Crippen LogP contribution in [-0.4, -0.2) is 49.7 Å². The van der Waals surface area contributed by atoms with E-state index in [9.17, 15) is 18.0 Å². The first-order chi connectivity index (χ1) is 9.87. The van der Waals surface area contributed by atoms with Crippen LogP contribution in [0.25, 0.3) is 0 Å². The largest absolute Gasteiger partial charge is 0.344 e. The SMILES string of the molecule is CN(Cc1ccccc1)C(=O)C(=O)NC1CCS(=O)(=O)C1. The van der Waals surface area contributed by atoms with E-state index in [0.717, 1.165) is 5.56 Å². The Morgan fingerprint density at radius 1 is 1.29 bits per heavy atom. The number of carbonyl (C=O) groups is 2. The van der Waals surface area contributed by atoms with Gasteiger partial charge >= 0.3 is 11.8 Å². The molecule has 1 aromatic carbocycles. The molecule has 1 aliphatic heterocycles. The van der Waals surface area contributed by atoms with Gasteiger partial charge in [0.25, 0.3) is 0 Å².